The molecule has 0 radical (unpaired) electrons. The third kappa shape index (κ3) is 23.4. The van der Waals surface area contributed by atoms with E-state index in [1.807, 2.05) is 103 Å². The van der Waals surface area contributed by atoms with Gasteiger partial charge in [-0.2, -0.15) is 5.26 Å². The Kier molecular flexibility index (Phi) is 30.7. The maximum atomic E-state index is 15.2. The third-order valence-corrected chi connectivity index (χ3v) is 18.6. The topological polar surface area (TPSA) is 238 Å². The van der Waals surface area contributed by atoms with Crippen LogP contribution in [0, 0.1) is 68.5 Å². The molecule has 2 aliphatic carbocycles. The summed E-state index contributed by atoms with van der Waals surface area (Å²) in [4.78, 5) is 56.4. The van der Waals surface area contributed by atoms with E-state index < -0.39 is 11.6 Å². The molecule has 4 unspecified atom stereocenters. The van der Waals surface area contributed by atoms with Crippen molar-refractivity contribution in [3.05, 3.63) is 198 Å². The molecule has 534 valence electrons. The number of carbonyl (C=O) groups is 3. The molecule has 4 atom stereocenters. The number of nitrogens with two attached hydrogens (primary N) is 1. The van der Waals surface area contributed by atoms with Crippen LogP contribution in [0.5, 0.6) is 46.3 Å². The Balaban J connectivity index is 0.000000196. The van der Waals surface area contributed by atoms with Crippen LogP contribution in [-0.4, -0.2) is 118 Å². The number of nitrogens with zero attached hydrogens (tertiary/aromatic N) is 8. The number of rotatable bonds is 22. The predicted octanol–water partition coefficient (Wildman–Crippen LogP) is 14.7. The molecule has 2 aliphatic heterocycles. The van der Waals surface area contributed by atoms with Crippen LogP contribution < -0.4 is 34.2 Å². The fourth-order valence-electron chi connectivity index (χ4n) is 13.3. The molecule has 18 nitrogen and oxygen atoms in total. The molecule has 102 heavy (non-hydrogen) atoms. The van der Waals surface area contributed by atoms with E-state index in [1.54, 1.807) is 50.0 Å². The van der Waals surface area contributed by atoms with Crippen molar-refractivity contribution in [1.29, 1.82) is 10.5 Å². The summed E-state index contributed by atoms with van der Waals surface area (Å²) in [6.07, 6.45) is 9.04. The Bertz CT molecular complexity index is 4370. The first-order valence-electron chi connectivity index (χ1n) is 32.8. The summed E-state index contributed by atoms with van der Waals surface area (Å²) in [5.74, 6) is 5.97. The van der Waals surface area contributed by atoms with E-state index in [-0.39, 0.29) is 68.2 Å². The number of benzene rings is 7. The molecule has 13 rings (SSSR count). The summed E-state index contributed by atoms with van der Waals surface area (Å²) in [6, 6.07) is 44.5. The zero-order valence-corrected chi connectivity index (χ0v) is 61.3. The van der Waals surface area contributed by atoms with Crippen LogP contribution in [0.1, 0.15) is 54.4 Å². The number of nitrogen functional groups attached to an aromatic ring is 1. The Morgan fingerprint density at radius 2 is 1.00 bits per heavy atom. The Labute approximate surface area is 628 Å². The number of carbonyl (C=O) groups excluding carboxylic acids is 3. The molecule has 4 heterocycles. The molecular formula is C77H77AgClF2N9O9S3. The van der Waals surface area contributed by atoms with Crippen molar-refractivity contribution in [2.24, 2.45) is 35.5 Å². The second kappa shape index (κ2) is 39.6. The van der Waals surface area contributed by atoms with Crippen molar-refractivity contribution >= 4 is 96.7 Å². The largest absolute Gasteiger partial charge is 1.00 e. The predicted molar refractivity (Wildman–Crippen MR) is 393 cm³/mol. The molecule has 2 N–H and O–H groups in total. The molecule has 0 amide bonds. The van der Waals surface area contributed by atoms with Crippen LogP contribution in [0.25, 0.3) is 21.8 Å². The number of fused-ring (bicyclic) bond motifs is 4. The summed E-state index contributed by atoms with van der Waals surface area (Å²) in [5, 5.41) is 19.2. The van der Waals surface area contributed by atoms with Gasteiger partial charge >= 0.3 is 22.4 Å². The van der Waals surface area contributed by atoms with Gasteiger partial charge in [-0.1, -0.05) is 115 Å². The number of halogens is 3. The van der Waals surface area contributed by atoms with E-state index in [2.05, 4.69) is 56.5 Å². The van der Waals surface area contributed by atoms with E-state index in [4.69, 9.17) is 68.5 Å². The van der Waals surface area contributed by atoms with Crippen molar-refractivity contribution in [2.45, 2.75) is 57.8 Å². The van der Waals surface area contributed by atoms with Gasteiger partial charge in [-0.25, -0.2) is 34.0 Å². The minimum atomic E-state index is -0.559. The number of thiocarbonyl (C=S) groups is 1. The van der Waals surface area contributed by atoms with Gasteiger partial charge in [0.2, 0.25) is 22.1 Å². The van der Waals surface area contributed by atoms with Crippen molar-refractivity contribution in [1.82, 2.24) is 29.7 Å². The Morgan fingerprint density at radius 3 is 1.41 bits per heavy atom. The van der Waals surface area contributed by atoms with Gasteiger partial charge < -0.3 is 56.6 Å². The zero-order valence-electron chi connectivity index (χ0n) is 56.6. The Hall–Kier alpha value is -8.72. The standard InChI is InChI=1S/C35H36FN3O4S.C24H27FN4O3.C9H7NOS.C8H7ClO.CHNS.Ag/c1-39-18-25-10-24(11-26(25)19-39)20-42-34-17-31-29(16-33(34)41-2)35(38-21-37-31)43-32-9-8-23(14-30(32)36)13-28(44)15-27(40)12-22-6-4-3-5-7-22;1-29-10-15-5-14(6-16(15)11-29)12-31-23-9-20-18(8-22(23)30-2)24(28-13-27-20)32-21-4-3-17(26)7-19(21)25;10-7-12-9(11)6-8-4-2-1-3-5-8;9-8(10)6-7-4-2-1-3-5-7;2-1-3;/h3-9,14,16-17,21,24-26H,10-13,15,18-20H2,1-2H3;3-4,7-9,13-16H,5-6,10-12,26H2,1-2H3;1-5H,6H2;1-5H,6H2;3H;/q;;;;;+1/p-1. The number of hydrogen-bond acceptors (Lipinski definition) is 21. The van der Waals surface area contributed by atoms with Crippen molar-refractivity contribution < 1.29 is 74.0 Å². The number of nitriles is 2. The summed E-state index contributed by atoms with van der Waals surface area (Å²) in [5.41, 5.74) is 10.7. The summed E-state index contributed by atoms with van der Waals surface area (Å²) in [7, 11) is 7.58. The van der Waals surface area contributed by atoms with Crippen molar-refractivity contribution in [2.75, 3.05) is 73.4 Å². The molecule has 0 spiro atoms. The normalized spacial score (nSPS) is 17.6. The molecular weight excluding hydrogens is 1470 g/mol. The van der Waals surface area contributed by atoms with Crippen molar-refractivity contribution in [3.63, 3.8) is 0 Å². The van der Waals surface area contributed by atoms with Crippen molar-refractivity contribution in [3.8, 4) is 57.1 Å². The second-order valence-corrected chi connectivity index (χ2v) is 27.3. The quantitative estimate of drug-likeness (QED) is 0.0166. The number of anilines is 1. The molecule has 25 heteroatoms. The number of thiocyanates is 2. The molecule has 2 saturated heterocycles. The minimum absolute atomic E-state index is 0. The smallest absolute Gasteiger partial charge is 0.696 e. The average molecular weight is 1550 g/mol. The van der Waals surface area contributed by atoms with Crippen LogP contribution in [-0.2, 0) is 75.1 Å². The van der Waals surface area contributed by atoms with Gasteiger partial charge in [0.15, 0.2) is 46.1 Å². The van der Waals surface area contributed by atoms with Crippen LogP contribution >= 0.6 is 35.6 Å². The first-order valence-corrected chi connectivity index (χ1v) is 34.8. The fourth-order valence-corrected chi connectivity index (χ4v) is 14.2. The molecule has 7 aromatic carbocycles. The summed E-state index contributed by atoms with van der Waals surface area (Å²) >= 11 is 15.0. The fraction of sp³-hybridized carbons (Fsp3) is 0.325. The molecule has 4 aliphatic rings. The number of Topliss-reactive ketones (excluding diaryl/α,β-unsaturated/α-hetero) is 1. The van der Waals surface area contributed by atoms with Gasteiger partial charge in [0.25, 0.3) is 0 Å². The van der Waals surface area contributed by atoms with E-state index in [1.165, 1.54) is 88.1 Å². The van der Waals surface area contributed by atoms with Gasteiger partial charge in [0.1, 0.15) is 23.8 Å². The summed E-state index contributed by atoms with van der Waals surface area (Å²) < 4.78 is 64.7. The van der Waals surface area contributed by atoms with Gasteiger partial charge in [-0.15, -0.1) is 0 Å². The van der Waals surface area contributed by atoms with Crippen LogP contribution in [0.15, 0.2) is 164 Å². The number of ketones is 1. The number of likely N-dealkylation sites (tertiary alicyclic amines) is 2. The van der Waals surface area contributed by atoms with E-state index in [9.17, 15) is 18.8 Å². The number of ether oxygens (including phenoxy) is 6. The number of methoxy groups -OCH3 is 2. The van der Waals surface area contributed by atoms with E-state index in [0.717, 1.165) is 40.4 Å². The van der Waals surface area contributed by atoms with E-state index in [0.29, 0.717) is 123 Å². The first-order chi connectivity index (χ1) is 48.9. The van der Waals surface area contributed by atoms with Crippen LogP contribution in [0.3, 0.4) is 0 Å². The van der Waals surface area contributed by atoms with Crippen LogP contribution in [0.4, 0.5) is 14.5 Å². The number of hydrogen-bond donors (Lipinski definition) is 1. The minimum Gasteiger partial charge on any atom is -0.696 e. The molecule has 2 aromatic heterocycles. The SMILES string of the molecule is COc1cc2c(Oc3ccc(CC(=S)CC(=O)Cc4ccccc4)cc3F)ncnc2cc1OCC1CC2CN(C)CC2C1.COc1cc2c(Oc3ccc(N)cc3F)ncnc2cc1OCC1CC2CN(C)CC2C1.N#CSC(=O)Cc1ccccc1.N#C[S-].O=C(Cl)Cc1ccccc1.[Ag+]. The number of thioether (sulfide) groups is 1. The molecule has 4 fully saturated rings. The maximum absolute atomic E-state index is 15.2. The number of aromatic nitrogens is 4. The van der Waals surface area contributed by atoms with Gasteiger partial charge in [-0.05, 0) is 146 Å². The Morgan fingerprint density at radius 1 is 0.578 bits per heavy atom. The third-order valence-electron chi connectivity index (χ3n) is 17.7. The molecule has 9 aromatic rings. The first kappa shape index (κ1) is 79.0. The van der Waals surface area contributed by atoms with E-state index >= 15 is 4.39 Å². The average Bonchev–Trinajstić information content (AvgIpc) is 0.857. The zero-order chi connectivity index (χ0) is 71.8. The maximum Gasteiger partial charge on any atom is 1.00 e. The summed E-state index contributed by atoms with van der Waals surface area (Å²) in [6.45, 7) is 6.02. The van der Waals surface area contributed by atoms with Crippen LogP contribution in [0.2, 0.25) is 0 Å². The van der Waals surface area contributed by atoms with Gasteiger partial charge in [0.05, 0.1) is 49.2 Å². The second-order valence-electron chi connectivity index (χ2n) is 25.3. The van der Waals surface area contributed by atoms with Gasteiger partial charge in [0, 0.05) is 98.8 Å². The molecule has 2 saturated carbocycles. The molecule has 0 bridgehead atoms. The van der Waals surface area contributed by atoms with Gasteiger partial charge in [-0.3, -0.25) is 14.4 Å². The monoisotopic (exact) mass is 1550 g/mol.